The number of anilines is 1. The molecule has 0 saturated carbocycles. The molecule has 0 atom stereocenters. The largest absolute Gasteiger partial charge is 0.435 e. The number of rotatable bonds is 6. The number of alkyl halides is 2. The van der Waals surface area contributed by atoms with Crippen molar-refractivity contribution >= 4 is 5.95 Å². The second-order valence-electron chi connectivity index (χ2n) is 3.89. The average Bonchev–Trinajstić information content (AvgIpc) is 2.45. The number of nitrogens with two attached hydrogens (primary N) is 1. The maximum atomic E-state index is 12.2. The fourth-order valence-electron chi connectivity index (χ4n) is 1.62. The molecule has 0 saturated heterocycles. The van der Waals surface area contributed by atoms with Crippen LogP contribution in [-0.2, 0) is 0 Å². The van der Waals surface area contributed by atoms with Crippen molar-refractivity contribution in [3.05, 3.63) is 36.5 Å². The molecule has 0 aliphatic carbocycles. The van der Waals surface area contributed by atoms with Crippen LogP contribution in [0.1, 0.15) is 0 Å². The van der Waals surface area contributed by atoms with Crippen molar-refractivity contribution in [1.82, 2.24) is 9.97 Å². The van der Waals surface area contributed by atoms with E-state index < -0.39 is 6.61 Å². The van der Waals surface area contributed by atoms with E-state index in [1.54, 1.807) is 24.4 Å². The van der Waals surface area contributed by atoms with Crippen molar-refractivity contribution in [3.8, 4) is 17.0 Å². The van der Waals surface area contributed by atoms with E-state index in [4.69, 9.17) is 5.73 Å². The van der Waals surface area contributed by atoms with Crippen molar-refractivity contribution in [2.75, 3.05) is 18.4 Å². The van der Waals surface area contributed by atoms with Gasteiger partial charge in [-0.1, -0.05) is 12.1 Å². The summed E-state index contributed by atoms with van der Waals surface area (Å²) in [4.78, 5) is 8.32. The van der Waals surface area contributed by atoms with E-state index in [2.05, 4.69) is 20.0 Å². The summed E-state index contributed by atoms with van der Waals surface area (Å²) in [5, 5.41) is 2.95. The second-order valence-corrected chi connectivity index (χ2v) is 3.89. The van der Waals surface area contributed by atoms with Gasteiger partial charge in [0.2, 0.25) is 5.95 Å². The number of ether oxygens (including phenoxy) is 1. The van der Waals surface area contributed by atoms with Crippen LogP contribution in [0.2, 0.25) is 0 Å². The molecule has 2 rings (SSSR count). The standard InChI is InChI=1S/C13H14F2N4O/c14-12(15)20-10-3-1-2-9(8-10)11-4-6-17-13(19-11)18-7-5-16/h1-4,6,8,12H,5,7,16H2,(H,17,18,19). The van der Waals surface area contributed by atoms with Crippen LogP contribution in [0.3, 0.4) is 0 Å². The molecule has 0 aliphatic heterocycles. The molecule has 0 aliphatic rings. The monoisotopic (exact) mass is 280 g/mol. The van der Waals surface area contributed by atoms with Crippen molar-refractivity contribution in [3.63, 3.8) is 0 Å². The number of nitrogens with one attached hydrogen (secondary N) is 1. The molecule has 2 aromatic rings. The highest BCUT2D eigenvalue weighted by Crippen LogP contribution is 2.23. The molecule has 1 heterocycles. The van der Waals surface area contributed by atoms with Gasteiger partial charge in [-0.05, 0) is 18.2 Å². The summed E-state index contributed by atoms with van der Waals surface area (Å²) in [6.45, 7) is -1.83. The van der Waals surface area contributed by atoms with Gasteiger partial charge in [-0.15, -0.1) is 0 Å². The summed E-state index contributed by atoms with van der Waals surface area (Å²) in [7, 11) is 0. The third-order valence-corrected chi connectivity index (χ3v) is 2.44. The van der Waals surface area contributed by atoms with Crippen LogP contribution < -0.4 is 15.8 Å². The predicted octanol–water partition coefficient (Wildman–Crippen LogP) is 2.12. The number of aromatic nitrogens is 2. The maximum absolute atomic E-state index is 12.2. The van der Waals surface area contributed by atoms with Crippen LogP contribution in [0.5, 0.6) is 5.75 Å². The van der Waals surface area contributed by atoms with Gasteiger partial charge >= 0.3 is 6.61 Å². The zero-order valence-corrected chi connectivity index (χ0v) is 10.6. The van der Waals surface area contributed by atoms with Gasteiger partial charge in [-0.25, -0.2) is 9.97 Å². The van der Waals surface area contributed by atoms with E-state index in [1.165, 1.54) is 12.1 Å². The minimum Gasteiger partial charge on any atom is -0.435 e. The molecule has 0 spiro atoms. The lowest BCUT2D eigenvalue weighted by molar-refractivity contribution is -0.0498. The lowest BCUT2D eigenvalue weighted by Crippen LogP contribution is -2.14. The molecule has 0 bridgehead atoms. The van der Waals surface area contributed by atoms with Crippen LogP contribution in [0.15, 0.2) is 36.5 Å². The Morgan fingerprint density at radius 2 is 2.15 bits per heavy atom. The highest BCUT2D eigenvalue weighted by atomic mass is 19.3. The van der Waals surface area contributed by atoms with Gasteiger partial charge in [0.1, 0.15) is 5.75 Å². The lowest BCUT2D eigenvalue weighted by atomic mass is 10.1. The van der Waals surface area contributed by atoms with Crippen LogP contribution in [0.25, 0.3) is 11.3 Å². The van der Waals surface area contributed by atoms with E-state index in [-0.39, 0.29) is 5.75 Å². The number of hydrogen-bond donors (Lipinski definition) is 2. The van der Waals surface area contributed by atoms with Gasteiger partial charge in [0.25, 0.3) is 0 Å². The SMILES string of the molecule is NCCNc1nccc(-c2cccc(OC(F)F)c2)n1. The van der Waals surface area contributed by atoms with Crippen molar-refractivity contribution in [2.45, 2.75) is 6.61 Å². The number of halogens is 2. The predicted molar refractivity (Wildman–Crippen MR) is 71.6 cm³/mol. The molecule has 1 aromatic carbocycles. The van der Waals surface area contributed by atoms with E-state index >= 15 is 0 Å². The Hall–Kier alpha value is -2.28. The molecule has 1 aromatic heterocycles. The first-order valence-electron chi connectivity index (χ1n) is 6.01. The van der Waals surface area contributed by atoms with Crippen LogP contribution in [-0.4, -0.2) is 29.7 Å². The smallest absolute Gasteiger partial charge is 0.387 e. The minimum absolute atomic E-state index is 0.0904. The summed E-state index contributed by atoms with van der Waals surface area (Å²) < 4.78 is 28.7. The molecular weight excluding hydrogens is 266 g/mol. The molecule has 3 N–H and O–H groups in total. The quantitative estimate of drug-likeness (QED) is 0.848. The van der Waals surface area contributed by atoms with Crippen LogP contribution >= 0.6 is 0 Å². The average molecular weight is 280 g/mol. The van der Waals surface area contributed by atoms with Crippen LogP contribution in [0.4, 0.5) is 14.7 Å². The molecule has 106 valence electrons. The third-order valence-electron chi connectivity index (χ3n) is 2.44. The Morgan fingerprint density at radius 1 is 1.30 bits per heavy atom. The van der Waals surface area contributed by atoms with E-state index in [1.807, 2.05) is 0 Å². The zero-order valence-electron chi connectivity index (χ0n) is 10.6. The summed E-state index contributed by atoms with van der Waals surface area (Å²) >= 11 is 0. The molecule has 5 nitrogen and oxygen atoms in total. The fraction of sp³-hybridized carbons (Fsp3) is 0.231. The molecule has 0 amide bonds. The fourth-order valence-corrected chi connectivity index (χ4v) is 1.62. The summed E-state index contributed by atoms with van der Waals surface area (Å²) in [5.74, 6) is 0.528. The third kappa shape index (κ3) is 3.86. The highest BCUT2D eigenvalue weighted by Gasteiger charge is 2.07. The Balaban J connectivity index is 2.22. The Kier molecular flexibility index (Phi) is 4.78. The second kappa shape index (κ2) is 6.76. The van der Waals surface area contributed by atoms with E-state index in [9.17, 15) is 8.78 Å². The lowest BCUT2D eigenvalue weighted by Gasteiger charge is -2.08. The minimum atomic E-state index is -2.85. The van der Waals surface area contributed by atoms with Crippen molar-refractivity contribution < 1.29 is 13.5 Å². The molecule has 0 unspecified atom stereocenters. The number of hydrogen-bond acceptors (Lipinski definition) is 5. The first kappa shape index (κ1) is 14.1. The highest BCUT2D eigenvalue weighted by molar-refractivity contribution is 5.61. The summed E-state index contributed by atoms with van der Waals surface area (Å²) in [5.41, 5.74) is 6.66. The molecule has 20 heavy (non-hydrogen) atoms. The first-order valence-corrected chi connectivity index (χ1v) is 6.01. The van der Waals surface area contributed by atoms with Gasteiger partial charge in [-0.2, -0.15) is 8.78 Å². The Morgan fingerprint density at radius 3 is 2.90 bits per heavy atom. The van der Waals surface area contributed by atoms with Gasteiger partial charge in [-0.3, -0.25) is 0 Å². The molecular formula is C13H14F2N4O. The maximum Gasteiger partial charge on any atom is 0.387 e. The van der Waals surface area contributed by atoms with Crippen LogP contribution in [0, 0.1) is 0 Å². The van der Waals surface area contributed by atoms with E-state index in [0.29, 0.717) is 30.3 Å². The summed E-state index contributed by atoms with van der Waals surface area (Å²) in [6, 6.07) is 8.04. The molecule has 0 fully saturated rings. The topological polar surface area (TPSA) is 73.1 Å². The molecule has 0 radical (unpaired) electrons. The van der Waals surface area contributed by atoms with E-state index in [0.717, 1.165) is 0 Å². The van der Waals surface area contributed by atoms with Crippen molar-refractivity contribution in [1.29, 1.82) is 0 Å². The molecule has 7 heteroatoms. The van der Waals surface area contributed by atoms with Gasteiger partial charge in [0.05, 0.1) is 5.69 Å². The normalized spacial score (nSPS) is 10.6. The number of nitrogens with zero attached hydrogens (tertiary/aromatic N) is 2. The van der Waals surface area contributed by atoms with Gasteiger partial charge < -0.3 is 15.8 Å². The Bertz CT molecular complexity index is 566. The first-order chi connectivity index (χ1) is 9.69. The Labute approximate surface area is 114 Å². The summed E-state index contributed by atoms with van der Waals surface area (Å²) in [6.07, 6.45) is 1.59. The van der Waals surface area contributed by atoms with Crippen molar-refractivity contribution in [2.24, 2.45) is 5.73 Å². The number of benzene rings is 1. The van der Waals surface area contributed by atoms with Gasteiger partial charge in [0.15, 0.2) is 0 Å². The zero-order chi connectivity index (χ0) is 14.4. The van der Waals surface area contributed by atoms with Gasteiger partial charge in [0, 0.05) is 24.8 Å².